The normalized spacial score (nSPS) is 13.5. The Hall–Kier alpha value is -3.11. The summed E-state index contributed by atoms with van der Waals surface area (Å²) in [5.41, 5.74) is 7.30. The van der Waals surface area contributed by atoms with E-state index in [0.29, 0.717) is 12.3 Å². The van der Waals surface area contributed by atoms with Crippen LogP contribution in [0.5, 0.6) is 5.75 Å². The number of allylic oxidation sites excluding steroid dienone is 2. The van der Waals surface area contributed by atoms with Gasteiger partial charge in [0, 0.05) is 5.56 Å². The highest BCUT2D eigenvalue weighted by Crippen LogP contribution is 2.43. The average Bonchev–Trinajstić information content (AvgIpc) is 3.24. The van der Waals surface area contributed by atoms with E-state index >= 15 is 0 Å². The number of rotatable bonds is 6. The van der Waals surface area contributed by atoms with Gasteiger partial charge >= 0.3 is 5.97 Å². The molecule has 0 spiro atoms. The summed E-state index contributed by atoms with van der Waals surface area (Å²) in [6, 6.07) is 17.9. The molecule has 0 saturated carbocycles. The van der Waals surface area contributed by atoms with Gasteiger partial charge in [0.1, 0.15) is 12.4 Å². The SMILES string of the molecule is Cc1ccc(COc2ccc(C)cc2C2=C(c3ccc(Cl)c(C(=O)O)n3)CCC2)cc1. The zero-order valence-corrected chi connectivity index (χ0v) is 18.4. The van der Waals surface area contributed by atoms with Crippen LogP contribution in [0, 0.1) is 13.8 Å². The number of hydrogen-bond donors (Lipinski definition) is 1. The average molecular weight is 434 g/mol. The van der Waals surface area contributed by atoms with E-state index in [9.17, 15) is 9.90 Å². The number of aromatic carboxylic acids is 1. The Kier molecular flexibility index (Phi) is 6.10. The van der Waals surface area contributed by atoms with Gasteiger partial charge in [-0.3, -0.25) is 0 Å². The summed E-state index contributed by atoms with van der Waals surface area (Å²) in [6.45, 7) is 4.62. The topological polar surface area (TPSA) is 59.4 Å². The Morgan fingerprint density at radius 3 is 2.45 bits per heavy atom. The summed E-state index contributed by atoms with van der Waals surface area (Å²) in [5.74, 6) is -0.294. The van der Waals surface area contributed by atoms with Crippen molar-refractivity contribution in [1.29, 1.82) is 0 Å². The van der Waals surface area contributed by atoms with Crippen LogP contribution < -0.4 is 4.74 Å². The molecule has 31 heavy (non-hydrogen) atoms. The van der Waals surface area contributed by atoms with Crippen molar-refractivity contribution < 1.29 is 14.6 Å². The molecule has 1 aliphatic carbocycles. The van der Waals surface area contributed by atoms with Gasteiger partial charge in [-0.15, -0.1) is 0 Å². The molecule has 3 aromatic rings. The van der Waals surface area contributed by atoms with Crippen LogP contribution in [0.4, 0.5) is 0 Å². The second-order valence-corrected chi connectivity index (χ2v) is 8.32. The summed E-state index contributed by atoms with van der Waals surface area (Å²) in [6.07, 6.45) is 2.73. The van der Waals surface area contributed by atoms with Gasteiger partial charge in [0.25, 0.3) is 0 Å². The van der Waals surface area contributed by atoms with Crippen molar-refractivity contribution in [3.8, 4) is 5.75 Å². The van der Waals surface area contributed by atoms with Gasteiger partial charge in [0.15, 0.2) is 5.69 Å². The number of carboxylic acids is 1. The molecular weight excluding hydrogens is 410 g/mol. The first-order chi connectivity index (χ1) is 14.9. The predicted molar refractivity (Wildman–Crippen MR) is 124 cm³/mol. The molecule has 0 atom stereocenters. The minimum atomic E-state index is -1.12. The van der Waals surface area contributed by atoms with E-state index in [4.69, 9.17) is 16.3 Å². The Morgan fingerprint density at radius 1 is 1.00 bits per heavy atom. The molecule has 0 amide bonds. The van der Waals surface area contributed by atoms with Crippen molar-refractivity contribution in [2.24, 2.45) is 0 Å². The van der Waals surface area contributed by atoms with Crippen molar-refractivity contribution >= 4 is 28.7 Å². The standard InChI is InChI=1S/C26H24ClNO3/c1-16-6-9-18(10-7-16)15-31-24-13-8-17(2)14-21(24)19-4-3-5-20(19)23-12-11-22(27)25(28-23)26(29)30/h6-14H,3-5,15H2,1-2H3,(H,29,30). The number of ether oxygens (including phenoxy) is 1. The fraction of sp³-hybridized carbons (Fsp3) is 0.231. The third-order valence-electron chi connectivity index (χ3n) is 5.55. The first kappa shape index (κ1) is 21.1. The van der Waals surface area contributed by atoms with Gasteiger partial charge in [-0.2, -0.15) is 0 Å². The Morgan fingerprint density at radius 2 is 1.71 bits per heavy atom. The monoisotopic (exact) mass is 433 g/mol. The number of aryl methyl sites for hydroxylation is 2. The lowest BCUT2D eigenvalue weighted by Crippen LogP contribution is -2.04. The third-order valence-corrected chi connectivity index (χ3v) is 5.86. The highest BCUT2D eigenvalue weighted by molar-refractivity contribution is 6.33. The van der Waals surface area contributed by atoms with Crippen LogP contribution in [0.25, 0.3) is 11.1 Å². The quantitative estimate of drug-likeness (QED) is 0.468. The first-order valence-corrected chi connectivity index (χ1v) is 10.7. The molecule has 158 valence electrons. The van der Waals surface area contributed by atoms with Gasteiger partial charge in [0.2, 0.25) is 0 Å². The molecule has 2 aromatic carbocycles. The lowest BCUT2D eigenvalue weighted by molar-refractivity contribution is 0.0690. The van der Waals surface area contributed by atoms with E-state index in [1.807, 2.05) is 12.1 Å². The summed E-state index contributed by atoms with van der Waals surface area (Å²) in [7, 11) is 0. The maximum absolute atomic E-state index is 11.5. The zero-order chi connectivity index (χ0) is 22.0. The Labute approximate surface area is 187 Å². The number of halogens is 1. The van der Waals surface area contributed by atoms with E-state index in [1.54, 1.807) is 12.1 Å². The van der Waals surface area contributed by atoms with Crippen molar-refractivity contribution in [2.75, 3.05) is 0 Å². The number of carbonyl (C=O) groups is 1. The van der Waals surface area contributed by atoms with Crippen LogP contribution in [-0.2, 0) is 6.61 Å². The smallest absolute Gasteiger partial charge is 0.356 e. The van der Waals surface area contributed by atoms with Gasteiger partial charge in [0.05, 0.1) is 10.7 Å². The number of pyridine rings is 1. The number of aromatic nitrogens is 1. The Balaban J connectivity index is 1.72. The first-order valence-electron chi connectivity index (χ1n) is 10.3. The minimum Gasteiger partial charge on any atom is -0.488 e. The lowest BCUT2D eigenvalue weighted by Gasteiger charge is -2.16. The molecular formula is C26H24ClNO3. The van der Waals surface area contributed by atoms with Crippen molar-refractivity contribution in [3.05, 3.63) is 93.3 Å². The molecule has 0 bridgehead atoms. The van der Waals surface area contributed by atoms with Crippen LogP contribution in [0.2, 0.25) is 5.02 Å². The van der Waals surface area contributed by atoms with E-state index in [0.717, 1.165) is 52.8 Å². The second kappa shape index (κ2) is 8.94. The van der Waals surface area contributed by atoms with Crippen molar-refractivity contribution in [1.82, 2.24) is 4.98 Å². The van der Waals surface area contributed by atoms with E-state index < -0.39 is 5.97 Å². The van der Waals surface area contributed by atoms with E-state index in [-0.39, 0.29) is 10.7 Å². The fourth-order valence-corrected chi connectivity index (χ4v) is 4.12. The van der Waals surface area contributed by atoms with Gasteiger partial charge in [-0.05, 0) is 74.1 Å². The molecule has 0 radical (unpaired) electrons. The summed E-state index contributed by atoms with van der Waals surface area (Å²) in [5, 5.41) is 9.56. The minimum absolute atomic E-state index is 0.113. The highest BCUT2D eigenvalue weighted by atomic mass is 35.5. The van der Waals surface area contributed by atoms with Gasteiger partial charge in [-0.25, -0.2) is 9.78 Å². The molecule has 0 saturated heterocycles. The molecule has 1 aliphatic rings. The van der Waals surface area contributed by atoms with Crippen LogP contribution in [0.15, 0.2) is 54.6 Å². The molecule has 0 unspecified atom stereocenters. The molecule has 5 heteroatoms. The fourth-order valence-electron chi connectivity index (χ4n) is 3.93. The number of carboxylic acid groups (broad SMARTS) is 1. The second-order valence-electron chi connectivity index (χ2n) is 7.92. The molecule has 0 aliphatic heterocycles. The molecule has 4 rings (SSSR count). The molecule has 0 fully saturated rings. The highest BCUT2D eigenvalue weighted by Gasteiger charge is 2.23. The van der Waals surface area contributed by atoms with Crippen LogP contribution >= 0.6 is 11.6 Å². The maximum atomic E-state index is 11.5. The molecule has 1 aromatic heterocycles. The van der Waals surface area contributed by atoms with Gasteiger partial charge in [-0.1, -0.05) is 53.1 Å². The zero-order valence-electron chi connectivity index (χ0n) is 17.6. The molecule has 4 nitrogen and oxygen atoms in total. The maximum Gasteiger partial charge on any atom is 0.356 e. The van der Waals surface area contributed by atoms with Crippen molar-refractivity contribution in [2.45, 2.75) is 39.7 Å². The van der Waals surface area contributed by atoms with Crippen LogP contribution in [0.3, 0.4) is 0 Å². The largest absolute Gasteiger partial charge is 0.488 e. The van der Waals surface area contributed by atoms with Crippen LogP contribution in [-0.4, -0.2) is 16.1 Å². The molecule has 1 heterocycles. The van der Waals surface area contributed by atoms with E-state index in [2.05, 4.69) is 49.2 Å². The number of hydrogen-bond acceptors (Lipinski definition) is 3. The summed E-state index contributed by atoms with van der Waals surface area (Å²) < 4.78 is 6.23. The Bertz CT molecular complexity index is 1170. The summed E-state index contributed by atoms with van der Waals surface area (Å²) >= 11 is 6.03. The third kappa shape index (κ3) is 4.64. The van der Waals surface area contributed by atoms with E-state index in [1.165, 1.54) is 5.56 Å². The predicted octanol–water partition coefficient (Wildman–Crippen LogP) is 6.72. The molecule has 1 N–H and O–H groups in total. The number of nitrogens with zero attached hydrogens (tertiary/aromatic N) is 1. The number of benzene rings is 2. The lowest BCUT2D eigenvalue weighted by atomic mass is 9.97. The van der Waals surface area contributed by atoms with Crippen LogP contribution in [0.1, 0.15) is 57.7 Å². The van der Waals surface area contributed by atoms with Gasteiger partial charge < -0.3 is 9.84 Å². The van der Waals surface area contributed by atoms with Crippen molar-refractivity contribution in [3.63, 3.8) is 0 Å². The summed E-state index contributed by atoms with van der Waals surface area (Å²) in [4.78, 5) is 15.9.